The first-order valence-corrected chi connectivity index (χ1v) is 41.7. The highest BCUT2D eigenvalue weighted by Gasteiger charge is 2.30. The first kappa shape index (κ1) is 96.7. The third kappa shape index (κ3) is 73.0. The van der Waals surface area contributed by atoms with Crippen LogP contribution in [0.4, 0.5) is 0 Å². The van der Waals surface area contributed by atoms with E-state index < -0.39 is 97.5 Å². The lowest BCUT2D eigenvalue weighted by Gasteiger charge is -2.21. The van der Waals surface area contributed by atoms with Gasteiger partial charge in [0.25, 0.3) is 0 Å². The largest absolute Gasteiger partial charge is 0.472 e. The van der Waals surface area contributed by atoms with Crippen molar-refractivity contribution in [3.63, 3.8) is 0 Å². The minimum atomic E-state index is -5.00. The van der Waals surface area contributed by atoms with Crippen molar-refractivity contribution < 1.29 is 80.2 Å². The summed E-state index contributed by atoms with van der Waals surface area (Å²) < 4.78 is 68.4. The average Bonchev–Trinajstić information content (AvgIpc) is 0.959. The molecule has 17 nitrogen and oxygen atoms in total. The molecule has 0 aromatic rings. The minimum Gasteiger partial charge on any atom is -0.462 e. The molecule has 0 saturated carbocycles. The van der Waals surface area contributed by atoms with Crippen LogP contribution in [0.5, 0.6) is 0 Å². The van der Waals surface area contributed by atoms with E-state index in [0.717, 1.165) is 173 Å². The Hall–Kier alpha value is -5.32. The number of aliphatic hydroxyl groups is 1. The minimum absolute atomic E-state index is 0.0652. The Morgan fingerprint density at radius 3 is 0.853 bits per heavy atom. The summed E-state index contributed by atoms with van der Waals surface area (Å²) in [6, 6.07) is 0. The van der Waals surface area contributed by atoms with Crippen molar-refractivity contribution in [2.75, 3.05) is 39.6 Å². The van der Waals surface area contributed by atoms with Gasteiger partial charge < -0.3 is 33.8 Å². The Bertz CT molecular complexity index is 2550. The second-order valence-electron chi connectivity index (χ2n) is 25.1. The van der Waals surface area contributed by atoms with E-state index in [0.29, 0.717) is 32.1 Å². The molecule has 0 aliphatic carbocycles. The number of phosphoric acid groups is 2. The van der Waals surface area contributed by atoms with Crippen LogP contribution in [0.15, 0.2) is 158 Å². The van der Waals surface area contributed by atoms with Crippen molar-refractivity contribution in [2.24, 2.45) is 0 Å². The summed E-state index contributed by atoms with van der Waals surface area (Å²) in [7, 11) is -10.00. The molecule has 0 saturated heterocycles. The van der Waals surface area contributed by atoms with Gasteiger partial charge in [-0.05, 0) is 161 Å². The van der Waals surface area contributed by atoms with Crippen molar-refractivity contribution in [3.8, 4) is 0 Å². The number of esters is 4. The fourth-order valence-electron chi connectivity index (χ4n) is 9.67. The van der Waals surface area contributed by atoms with Crippen molar-refractivity contribution >= 4 is 39.5 Å². The summed E-state index contributed by atoms with van der Waals surface area (Å²) in [5.41, 5.74) is 0. The average molecular weight is 1470 g/mol. The monoisotopic (exact) mass is 1470 g/mol. The molecule has 0 bridgehead atoms. The fourth-order valence-corrected chi connectivity index (χ4v) is 11.2. The number of carbonyl (C=O) groups is 4. The lowest BCUT2D eigenvalue weighted by molar-refractivity contribution is -0.161. The predicted molar refractivity (Wildman–Crippen MR) is 417 cm³/mol. The molecule has 0 fully saturated rings. The van der Waals surface area contributed by atoms with E-state index >= 15 is 0 Å². The van der Waals surface area contributed by atoms with Crippen LogP contribution in [0.3, 0.4) is 0 Å². The van der Waals surface area contributed by atoms with E-state index in [1.165, 1.54) is 25.7 Å². The zero-order valence-corrected chi connectivity index (χ0v) is 65.0. The first-order valence-electron chi connectivity index (χ1n) is 38.7. The quantitative estimate of drug-likeness (QED) is 0.0169. The summed E-state index contributed by atoms with van der Waals surface area (Å²) in [4.78, 5) is 72.9. The third-order valence-corrected chi connectivity index (χ3v) is 17.4. The van der Waals surface area contributed by atoms with Gasteiger partial charge in [-0.25, -0.2) is 9.13 Å². The molecular formula is C83H136O17P2. The van der Waals surface area contributed by atoms with Gasteiger partial charge in [0.1, 0.15) is 19.3 Å². The van der Waals surface area contributed by atoms with Crippen molar-refractivity contribution in [1.82, 2.24) is 0 Å². The number of hydrogen-bond acceptors (Lipinski definition) is 15. The lowest BCUT2D eigenvalue weighted by atomic mass is 10.1. The maximum atomic E-state index is 13.1. The Kier molecular flexibility index (Phi) is 70.1. The zero-order valence-electron chi connectivity index (χ0n) is 63.2. The van der Waals surface area contributed by atoms with Gasteiger partial charge in [-0.1, -0.05) is 256 Å². The van der Waals surface area contributed by atoms with Crippen molar-refractivity contribution in [3.05, 3.63) is 158 Å². The summed E-state index contributed by atoms with van der Waals surface area (Å²) >= 11 is 0. The summed E-state index contributed by atoms with van der Waals surface area (Å²) in [6.45, 7) is 4.37. The molecule has 0 aromatic heterocycles. The Balaban J connectivity index is 5.46. The van der Waals surface area contributed by atoms with E-state index in [2.05, 4.69) is 174 Å². The molecule has 102 heavy (non-hydrogen) atoms. The lowest BCUT2D eigenvalue weighted by Crippen LogP contribution is -2.30. The van der Waals surface area contributed by atoms with Crippen LogP contribution in [0.1, 0.15) is 285 Å². The molecule has 0 radical (unpaired) electrons. The molecule has 0 rings (SSSR count). The van der Waals surface area contributed by atoms with Gasteiger partial charge in [0.15, 0.2) is 12.2 Å². The van der Waals surface area contributed by atoms with Crippen LogP contribution in [0.25, 0.3) is 0 Å². The summed E-state index contributed by atoms with van der Waals surface area (Å²) in [6.07, 6.45) is 85.3. The molecule has 5 unspecified atom stereocenters. The van der Waals surface area contributed by atoms with Crippen molar-refractivity contribution in [2.45, 2.75) is 303 Å². The summed E-state index contributed by atoms with van der Waals surface area (Å²) in [5, 5.41) is 10.6. The number of ether oxygens (including phenoxy) is 4. The fraction of sp³-hybridized carbons (Fsp3) is 0.639. The maximum absolute atomic E-state index is 13.1. The van der Waals surface area contributed by atoms with Crippen LogP contribution >= 0.6 is 15.6 Å². The molecule has 3 N–H and O–H groups in total. The standard InChI is InChI=1S/C83H136O17P2/c1-5-9-13-17-21-25-29-33-36-38-41-45-48-52-56-60-64-68-81(86)94-74-79(100-83(88)70-66-62-58-54-50-46-42-39-37-34-30-26-22-18-14-10-6-2)76-98-102(91,92)96-72-77(84)71-95-101(89,90)97-75-78(99-82(87)69-65-61-57-53-49-43-32-28-24-20-16-12-8-4)73-93-80(85)67-63-59-55-51-47-44-40-35-31-27-23-19-15-11-7-3/h9-11,13-15,21-23,25-28,32-37,40-41,45,47,51-52,56,77-79,84H,5-8,12,16-20,24,29-31,38-39,42-44,46,48-50,53-55,57-76H2,1-4H3,(H,89,90)(H,91,92)/b13-9-,14-10-,15-11-,25-21-,26-22-,27-23-,32-28-,36-33-,37-34-,40-35-,45-41-,51-47-,56-52-. The molecule has 580 valence electrons. The Morgan fingerprint density at radius 2 is 0.520 bits per heavy atom. The van der Waals surface area contributed by atoms with E-state index in [-0.39, 0.29) is 25.7 Å². The number of allylic oxidation sites excluding steroid dienone is 26. The molecular weight excluding hydrogens is 1330 g/mol. The van der Waals surface area contributed by atoms with Crippen LogP contribution in [-0.4, -0.2) is 96.7 Å². The SMILES string of the molecule is CC/C=C\C/C=C\C/C=C\C/C=C\C/C=C\CCCC(=O)OCC(COP(=O)(O)OCC(O)COP(=O)(O)OCC(COC(=O)CCCC/C=C\C/C=C\C/C=C\C/C=C\CC)OC(=O)CCCCCCC/C=C\CCCCCC)OC(=O)CCCCCCCCC/C=C\C/C=C\C/C=C\CC. The number of unbranched alkanes of at least 4 members (excludes halogenated alkanes) is 19. The molecule has 0 spiro atoms. The maximum Gasteiger partial charge on any atom is 0.472 e. The van der Waals surface area contributed by atoms with Gasteiger partial charge in [-0.15, -0.1) is 0 Å². The van der Waals surface area contributed by atoms with E-state index in [9.17, 15) is 43.2 Å². The van der Waals surface area contributed by atoms with Crippen molar-refractivity contribution in [1.29, 1.82) is 0 Å². The smallest absolute Gasteiger partial charge is 0.462 e. The topological polar surface area (TPSA) is 237 Å². The number of aliphatic hydroxyl groups excluding tert-OH is 1. The predicted octanol–water partition coefficient (Wildman–Crippen LogP) is 22.4. The number of rotatable bonds is 71. The highest BCUT2D eigenvalue weighted by atomic mass is 31.2. The van der Waals surface area contributed by atoms with Gasteiger partial charge in [0.2, 0.25) is 0 Å². The number of phosphoric ester groups is 2. The molecule has 5 atom stereocenters. The molecule has 19 heteroatoms. The molecule has 0 aliphatic heterocycles. The second-order valence-corrected chi connectivity index (χ2v) is 28.1. The number of hydrogen-bond donors (Lipinski definition) is 3. The van der Waals surface area contributed by atoms with Gasteiger partial charge in [0.05, 0.1) is 26.4 Å². The first-order chi connectivity index (χ1) is 49.7. The molecule has 0 aromatic carbocycles. The van der Waals surface area contributed by atoms with Crippen LogP contribution in [0.2, 0.25) is 0 Å². The number of carbonyl (C=O) groups excluding carboxylic acids is 4. The van der Waals surface area contributed by atoms with Gasteiger partial charge in [0, 0.05) is 25.7 Å². The molecule has 0 amide bonds. The summed E-state index contributed by atoms with van der Waals surface area (Å²) in [5.74, 6) is -2.32. The third-order valence-electron chi connectivity index (χ3n) is 15.5. The van der Waals surface area contributed by atoms with Crippen LogP contribution in [0, 0.1) is 0 Å². The van der Waals surface area contributed by atoms with Crippen LogP contribution < -0.4 is 0 Å². The Labute approximate surface area is 617 Å². The molecule has 0 aliphatic rings. The highest BCUT2D eigenvalue weighted by molar-refractivity contribution is 7.47. The van der Waals surface area contributed by atoms with E-state index in [1.807, 2.05) is 12.2 Å². The second kappa shape index (κ2) is 74.0. The Morgan fingerprint density at radius 1 is 0.284 bits per heavy atom. The van der Waals surface area contributed by atoms with Gasteiger partial charge in [-0.3, -0.25) is 37.3 Å². The normalized spacial score (nSPS) is 14.8. The van der Waals surface area contributed by atoms with E-state index in [1.54, 1.807) is 0 Å². The van der Waals surface area contributed by atoms with Gasteiger partial charge >= 0.3 is 39.5 Å². The van der Waals surface area contributed by atoms with E-state index in [4.69, 9.17) is 37.0 Å². The zero-order chi connectivity index (χ0) is 74.6. The van der Waals surface area contributed by atoms with Gasteiger partial charge in [-0.2, -0.15) is 0 Å². The molecule has 0 heterocycles. The van der Waals surface area contributed by atoms with Crippen LogP contribution in [-0.2, 0) is 65.4 Å². The highest BCUT2D eigenvalue weighted by Crippen LogP contribution is 2.45.